The molecular weight excluding hydrogens is 400 g/mol. The van der Waals surface area contributed by atoms with Crippen molar-refractivity contribution in [2.24, 2.45) is 11.8 Å². The molecule has 7 aliphatic rings. The van der Waals surface area contributed by atoms with Crippen LogP contribution in [0.5, 0.6) is 11.5 Å². The number of hydrogen-bond donors (Lipinski definition) is 2. The Morgan fingerprint density at radius 1 is 1.31 bits per heavy atom. The zero-order valence-electron chi connectivity index (χ0n) is 18.6. The molecule has 3 heterocycles. The predicted molar refractivity (Wildman–Crippen MR) is 120 cm³/mol. The van der Waals surface area contributed by atoms with Crippen LogP contribution in [0.3, 0.4) is 0 Å². The molecule has 1 saturated carbocycles. The largest absolute Gasteiger partial charge is 0.504 e. The molecule has 1 spiro atoms. The average Bonchev–Trinajstić information content (AvgIpc) is 3.45. The van der Waals surface area contributed by atoms with Crippen molar-refractivity contribution < 1.29 is 14.6 Å². The van der Waals surface area contributed by atoms with Crippen molar-refractivity contribution in [3.8, 4) is 11.5 Å². The maximum absolute atomic E-state index is 10.9. The van der Waals surface area contributed by atoms with Crippen molar-refractivity contribution in [3.05, 3.63) is 58.5 Å². The number of methoxy groups -OCH3 is 1. The lowest BCUT2D eigenvalue weighted by Crippen LogP contribution is -2.76. The van der Waals surface area contributed by atoms with Crippen molar-refractivity contribution in [3.63, 3.8) is 0 Å². The summed E-state index contributed by atoms with van der Waals surface area (Å²) in [7, 11) is 1.93. The lowest BCUT2D eigenvalue weighted by molar-refractivity contribution is -0.185. The van der Waals surface area contributed by atoms with Crippen LogP contribution in [0, 0.1) is 11.8 Å². The van der Waals surface area contributed by atoms with Crippen molar-refractivity contribution in [1.29, 1.82) is 0 Å². The summed E-state index contributed by atoms with van der Waals surface area (Å²) in [5.74, 6) is 2.24. The van der Waals surface area contributed by atoms with Gasteiger partial charge in [-0.05, 0) is 67.8 Å². The van der Waals surface area contributed by atoms with Gasteiger partial charge in [0.15, 0.2) is 17.6 Å². The maximum atomic E-state index is 10.9. The lowest BCUT2D eigenvalue weighted by Gasteiger charge is -2.64. The van der Waals surface area contributed by atoms with Crippen LogP contribution in [0.1, 0.15) is 43.2 Å². The van der Waals surface area contributed by atoms with E-state index in [1.165, 1.54) is 47.5 Å². The molecule has 3 aliphatic heterocycles. The van der Waals surface area contributed by atoms with Gasteiger partial charge in [-0.1, -0.05) is 18.2 Å². The third kappa shape index (κ3) is 1.92. The number of benzene rings is 1. The summed E-state index contributed by atoms with van der Waals surface area (Å²) in [5.41, 5.74) is 6.02. The summed E-state index contributed by atoms with van der Waals surface area (Å²) in [6, 6.07) is 4.33. The molecule has 8 rings (SSSR count). The van der Waals surface area contributed by atoms with Crippen LogP contribution in [-0.2, 0) is 16.6 Å². The molecule has 32 heavy (non-hydrogen) atoms. The van der Waals surface area contributed by atoms with E-state index in [4.69, 9.17) is 9.47 Å². The number of phenolic OH excluding ortho intramolecular Hbond substituents is 1. The summed E-state index contributed by atoms with van der Waals surface area (Å²) in [6.07, 6.45) is 13.3. The number of likely N-dealkylation sites (tertiary alicyclic amines) is 1. The second-order valence-corrected chi connectivity index (χ2v) is 11.0. The number of phenols is 1. The molecule has 2 fully saturated rings. The molecule has 3 unspecified atom stereocenters. The molecule has 5 atom stereocenters. The smallest absolute Gasteiger partial charge is 0.166 e. The van der Waals surface area contributed by atoms with Crippen LogP contribution in [-0.4, -0.2) is 48.0 Å². The second kappa shape index (κ2) is 5.81. The van der Waals surface area contributed by atoms with Gasteiger partial charge in [0.1, 0.15) is 5.60 Å². The van der Waals surface area contributed by atoms with E-state index in [9.17, 15) is 5.11 Å². The third-order valence-corrected chi connectivity index (χ3v) is 9.77. The van der Waals surface area contributed by atoms with Crippen molar-refractivity contribution >= 4 is 0 Å². The highest BCUT2D eigenvalue weighted by molar-refractivity contribution is 5.66. The predicted octanol–water partition coefficient (Wildman–Crippen LogP) is 3.54. The fourth-order valence-electron chi connectivity index (χ4n) is 8.28. The Labute approximate surface area is 188 Å². The standard InChI is InChI=1S/C27H30N2O3/c1-31-27-13-18-17-4-2-3-5-19(17)28-23(18)25-26(27)10-11-29(14-15-6-7-15)21(27)12-16-8-9-20(30)24(32-25)22(16)26/h2-3,5,8-9,15,17,21,25,28,30H,4,6-7,10-14H2,1H3/t17?,21-,25+,26?,27?/m1/s1. The molecule has 2 bridgehead atoms. The zero-order valence-corrected chi connectivity index (χ0v) is 18.6. The Hall–Kier alpha value is -2.24. The summed E-state index contributed by atoms with van der Waals surface area (Å²) in [6.45, 7) is 2.27. The molecule has 0 amide bonds. The normalized spacial score (nSPS) is 40.3. The van der Waals surface area contributed by atoms with Crippen molar-refractivity contribution in [2.45, 2.75) is 61.7 Å². The van der Waals surface area contributed by atoms with E-state index in [0.717, 1.165) is 38.1 Å². The van der Waals surface area contributed by atoms with E-state index in [2.05, 4.69) is 34.5 Å². The van der Waals surface area contributed by atoms with E-state index in [-0.39, 0.29) is 22.9 Å². The number of fused-ring (bicyclic) bond motifs is 3. The minimum atomic E-state index is -0.325. The Morgan fingerprint density at radius 2 is 2.22 bits per heavy atom. The monoisotopic (exact) mass is 430 g/mol. The highest BCUT2D eigenvalue weighted by Crippen LogP contribution is 2.68. The van der Waals surface area contributed by atoms with Crippen LogP contribution in [0.25, 0.3) is 0 Å². The van der Waals surface area contributed by atoms with Crippen molar-refractivity contribution in [2.75, 3.05) is 20.2 Å². The Kier molecular flexibility index (Phi) is 3.31. The lowest BCUT2D eigenvalue weighted by atomic mass is 9.48. The maximum Gasteiger partial charge on any atom is 0.166 e. The van der Waals surface area contributed by atoms with Gasteiger partial charge in [-0.15, -0.1) is 0 Å². The minimum Gasteiger partial charge on any atom is -0.504 e. The quantitative estimate of drug-likeness (QED) is 0.768. The SMILES string of the molecule is COC12CC3=C(NC4=CC=CCC43)[C@@H]3Oc4c(O)ccc5c4C31CCN(CC1CC1)[C@@H]2C5. The van der Waals surface area contributed by atoms with Crippen LogP contribution in [0.4, 0.5) is 0 Å². The average molecular weight is 431 g/mol. The molecule has 2 N–H and O–H groups in total. The molecule has 1 saturated heterocycles. The summed E-state index contributed by atoms with van der Waals surface area (Å²) in [5, 5.41) is 14.6. The first kappa shape index (κ1) is 18.2. The number of aromatic hydroxyl groups is 1. The molecule has 0 aromatic heterocycles. The first-order valence-electron chi connectivity index (χ1n) is 12.3. The molecule has 5 nitrogen and oxygen atoms in total. The van der Waals surface area contributed by atoms with Crippen LogP contribution >= 0.6 is 0 Å². The number of rotatable bonds is 3. The van der Waals surface area contributed by atoms with Crippen LogP contribution < -0.4 is 10.1 Å². The molecule has 4 aliphatic carbocycles. The second-order valence-electron chi connectivity index (χ2n) is 11.0. The topological polar surface area (TPSA) is 54.0 Å². The van der Waals surface area contributed by atoms with E-state index >= 15 is 0 Å². The number of nitrogens with one attached hydrogen (secondary N) is 1. The summed E-state index contributed by atoms with van der Waals surface area (Å²) in [4.78, 5) is 2.75. The molecule has 1 aromatic rings. The highest BCUT2D eigenvalue weighted by atomic mass is 16.5. The number of ether oxygens (including phenoxy) is 2. The fourth-order valence-corrected chi connectivity index (χ4v) is 8.28. The van der Waals surface area contributed by atoms with Crippen molar-refractivity contribution in [1.82, 2.24) is 10.2 Å². The molecule has 166 valence electrons. The van der Waals surface area contributed by atoms with E-state index in [1.807, 2.05) is 13.2 Å². The van der Waals surface area contributed by atoms with Gasteiger partial charge < -0.3 is 19.9 Å². The number of allylic oxidation sites excluding steroid dienone is 4. The van der Waals surface area contributed by atoms with Crippen LogP contribution in [0.15, 0.2) is 47.3 Å². The van der Waals surface area contributed by atoms with E-state index < -0.39 is 0 Å². The molecule has 5 heteroatoms. The van der Waals surface area contributed by atoms with Gasteiger partial charge in [-0.2, -0.15) is 0 Å². The molecular formula is C27H30N2O3. The first-order chi connectivity index (χ1) is 15.7. The Balaban J connectivity index is 1.38. The summed E-state index contributed by atoms with van der Waals surface area (Å²) < 4.78 is 13.5. The van der Waals surface area contributed by atoms with Gasteiger partial charge >= 0.3 is 0 Å². The first-order valence-corrected chi connectivity index (χ1v) is 12.3. The Bertz CT molecular complexity index is 1150. The number of hydrogen-bond acceptors (Lipinski definition) is 5. The highest BCUT2D eigenvalue weighted by Gasteiger charge is 2.74. The minimum absolute atomic E-state index is 0.120. The summed E-state index contributed by atoms with van der Waals surface area (Å²) >= 11 is 0. The Morgan fingerprint density at radius 3 is 3.06 bits per heavy atom. The van der Waals surface area contributed by atoms with Gasteiger partial charge in [0.2, 0.25) is 0 Å². The van der Waals surface area contributed by atoms with E-state index in [0.29, 0.717) is 17.7 Å². The fraction of sp³-hybridized carbons (Fsp3) is 0.556. The van der Waals surface area contributed by atoms with E-state index in [1.54, 1.807) is 0 Å². The molecule has 0 radical (unpaired) electrons. The molecule has 1 aromatic carbocycles. The van der Waals surface area contributed by atoms with Gasteiger partial charge in [0.05, 0.1) is 11.1 Å². The van der Waals surface area contributed by atoms with Gasteiger partial charge in [0.25, 0.3) is 0 Å². The number of piperidine rings is 1. The zero-order chi connectivity index (χ0) is 21.2. The number of nitrogens with zero attached hydrogens (tertiary/aromatic N) is 1. The van der Waals surface area contributed by atoms with Gasteiger partial charge in [-0.3, -0.25) is 4.90 Å². The van der Waals surface area contributed by atoms with Gasteiger partial charge in [-0.25, -0.2) is 0 Å². The third-order valence-electron chi connectivity index (χ3n) is 9.77. The van der Waals surface area contributed by atoms with Crippen LogP contribution in [0.2, 0.25) is 0 Å². The van der Waals surface area contributed by atoms with Gasteiger partial charge in [0, 0.05) is 43.3 Å².